The fraction of sp³-hybridized carbons (Fsp3) is 0.185. The lowest BCUT2D eigenvalue weighted by molar-refractivity contribution is -0.145. The van der Waals surface area contributed by atoms with Gasteiger partial charge in [0.25, 0.3) is 5.82 Å². The number of ether oxygens (including phenoxy) is 1. The van der Waals surface area contributed by atoms with Gasteiger partial charge in [0.1, 0.15) is 17.9 Å². The van der Waals surface area contributed by atoms with Gasteiger partial charge >= 0.3 is 6.18 Å². The maximum absolute atomic E-state index is 13.6. The van der Waals surface area contributed by atoms with Crippen LogP contribution >= 0.6 is 0 Å². The first-order chi connectivity index (χ1) is 16.8. The van der Waals surface area contributed by atoms with E-state index in [9.17, 15) is 13.2 Å². The molecule has 176 valence electrons. The molecule has 2 atom stereocenters. The van der Waals surface area contributed by atoms with Crippen LogP contribution in [0.3, 0.4) is 0 Å². The zero-order valence-corrected chi connectivity index (χ0v) is 19.0. The van der Waals surface area contributed by atoms with Crippen molar-refractivity contribution < 1.29 is 17.9 Å². The molecule has 6 rings (SSSR count). The van der Waals surface area contributed by atoms with E-state index >= 15 is 0 Å². The SMILES string of the molecule is Cc1ccc(C2Oc3ccccc3C3=C2C(c2ccc(C)cc2)n2nc(C(F)(F)F)nc2N3)cc1. The van der Waals surface area contributed by atoms with E-state index in [1.807, 2.05) is 86.6 Å². The zero-order valence-electron chi connectivity index (χ0n) is 19.0. The summed E-state index contributed by atoms with van der Waals surface area (Å²) >= 11 is 0. The number of rotatable bonds is 2. The van der Waals surface area contributed by atoms with Crippen LogP contribution in [0.5, 0.6) is 5.75 Å². The molecule has 5 nitrogen and oxygen atoms in total. The number of alkyl halides is 3. The normalized spacial score (nSPS) is 18.8. The van der Waals surface area contributed by atoms with E-state index in [1.54, 1.807) is 0 Å². The van der Waals surface area contributed by atoms with Crippen molar-refractivity contribution >= 4 is 11.6 Å². The molecule has 0 saturated carbocycles. The number of fused-ring (bicyclic) bond motifs is 3. The van der Waals surface area contributed by atoms with E-state index in [-0.39, 0.29) is 5.95 Å². The number of anilines is 1. The Labute approximate surface area is 199 Å². The monoisotopic (exact) mass is 474 g/mol. The molecule has 2 aliphatic rings. The second-order valence-corrected chi connectivity index (χ2v) is 8.87. The molecule has 2 aliphatic heterocycles. The fourth-order valence-electron chi connectivity index (χ4n) is 4.68. The van der Waals surface area contributed by atoms with Gasteiger partial charge in [-0.25, -0.2) is 4.68 Å². The molecule has 1 aromatic heterocycles. The second kappa shape index (κ2) is 7.73. The number of aromatic nitrogens is 3. The molecule has 0 saturated heterocycles. The first-order valence-corrected chi connectivity index (χ1v) is 11.2. The summed E-state index contributed by atoms with van der Waals surface area (Å²) < 4.78 is 48.8. The minimum absolute atomic E-state index is 0.0426. The van der Waals surface area contributed by atoms with Gasteiger partial charge in [0.2, 0.25) is 5.95 Å². The van der Waals surface area contributed by atoms with Gasteiger partial charge in [-0.05, 0) is 37.1 Å². The van der Waals surface area contributed by atoms with Crippen LogP contribution < -0.4 is 10.1 Å². The summed E-state index contributed by atoms with van der Waals surface area (Å²) in [6.07, 6.45) is -5.21. The summed E-state index contributed by atoms with van der Waals surface area (Å²) in [6, 6.07) is 22.6. The Hall–Kier alpha value is -4.07. The molecular formula is C27H21F3N4O. The minimum atomic E-state index is -4.67. The topological polar surface area (TPSA) is 52.0 Å². The third-order valence-corrected chi connectivity index (χ3v) is 6.41. The van der Waals surface area contributed by atoms with Crippen LogP contribution in [0.1, 0.15) is 45.8 Å². The highest BCUT2D eigenvalue weighted by molar-refractivity contribution is 5.85. The quantitative estimate of drug-likeness (QED) is 0.362. The Morgan fingerprint density at radius 2 is 1.49 bits per heavy atom. The van der Waals surface area contributed by atoms with Gasteiger partial charge in [-0.3, -0.25) is 0 Å². The molecule has 3 aromatic carbocycles. The zero-order chi connectivity index (χ0) is 24.3. The maximum Gasteiger partial charge on any atom is 0.453 e. The molecule has 0 radical (unpaired) electrons. The van der Waals surface area contributed by atoms with Crippen molar-refractivity contribution in [2.75, 3.05) is 5.32 Å². The molecule has 0 amide bonds. The first kappa shape index (κ1) is 21.5. The molecule has 0 fully saturated rings. The summed E-state index contributed by atoms with van der Waals surface area (Å²) in [5.41, 5.74) is 6.09. The highest BCUT2D eigenvalue weighted by Crippen LogP contribution is 2.51. The Morgan fingerprint density at radius 1 is 0.857 bits per heavy atom. The standard InChI is InChI=1S/C27H21F3N4O/c1-15-7-11-17(12-8-15)23-21-22(31-26-32-25(27(28,29)30)33-34(23)26)19-5-3-4-6-20(19)35-24(21)18-13-9-16(2)10-14-18/h3-14,23-24H,1-2H3,(H,31,32,33). The van der Waals surface area contributed by atoms with Crippen LogP contribution in [0.25, 0.3) is 5.70 Å². The molecule has 0 aliphatic carbocycles. The van der Waals surface area contributed by atoms with E-state index < -0.39 is 24.1 Å². The number of hydrogen-bond acceptors (Lipinski definition) is 4. The number of halogens is 3. The summed E-state index contributed by atoms with van der Waals surface area (Å²) in [4.78, 5) is 3.83. The van der Waals surface area contributed by atoms with Crippen molar-refractivity contribution in [1.29, 1.82) is 0 Å². The minimum Gasteiger partial charge on any atom is -0.480 e. The van der Waals surface area contributed by atoms with Crippen molar-refractivity contribution in [3.8, 4) is 5.75 Å². The molecule has 8 heteroatoms. The van der Waals surface area contributed by atoms with Gasteiger partial charge in [0.15, 0.2) is 0 Å². The number of nitrogens with one attached hydrogen (secondary N) is 1. The molecular weight excluding hydrogens is 453 g/mol. The van der Waals surface area contributed by atoms with Crippen LogP contribution in [0.4, 0.5) is 19.1 Å². The van der Waals surface area contributed by atoms with Crippen molar-refractivity contribution in [1.82, 2.24) is 14.8 Å². The molecule has 0 spiro atoms. The van der Waals surface area contributed by atoms with E-state index in [4.69, 9.17) is 4.74 Å². The predicted octanol–water partition coefficient (Wildman–Crippen LogP) is 6.47. The van der Waals surface area contributed by atoms with E-state index in [0.29, 0.717) is 11.4 Å². The lowest BCUT2D eigenvalue weighted by Gasteiger charge is -2.39. The molecule has 3 heterocycles. The first-order valence-electron chi connectivity index (χ1n) is 11.2. The van der Waals surface area contributed by atoms with Gasteiger partial charge in [-0.15, -0.1) is 5.10 Å². The third kappa shape index (κ3) is 3.56. The average molecular weight is 474 g/mol. The number of hydrogen-bond donors (Lipinski definition) is 1. The molecule has 4 aromatic rings. The van der Waals surface area contributed by atoms with Gasteiger partial charge in [-0.2, -0.15) is 18.2 Å². The van der Waals surface area contributed by atoms with Gasteiger partial charge in [0.05, 0.1) is 5.70 Å². The van der Waals surface area contributed by atoms with Crippen LogP contribution in [0, 0.1) is 13.8 Å². The second-order valence-electron chi connectivity index (χ2n) is 8.87. The van der Waals surface area contributed by atoms with Crippen LogP contribution in [0.2, 0.25) is 0 Å². The summed E-state index contributed by atoms with van der Waals surface area (Å²) in [6.45, 7) is 3.97. The summed E-state index contributed by atoms with van der Waals surface area (Å²) in [5.74, 6) is -0.491. The van der Waals surface area contributed by atoms with Crippen molar-refractivity contribution in [3.63, 3.8) is 0 Å². The summed E-state index contributed by atoms with van der Waals surface area (Å²) in [7, 11) is 0. The Bertz CT molecular complexity index is 1450. The van der Waals surface area contributed by atoms with Crippen LogP contribution in [-0.2, 0) is 6.18 Å². The molecule has 2 unspecified atom stereocenters. The fourth-order valence-corrected chi connectivity index (χ4v) is 4.68. The predicted molar refractivity (Wildman–Crippen MR) is 126 cm³/mol. The van der Waals surface area contributed by atoms with E-state index in [1.165, 1.54) is 4.68 Å². The number of benzene rings is 3. The van der Waals surface area contributed by atoms with Crippen molar-refractivity contribution in [2.24, 2.45) is 0 Å². The van der Waals surface area contributed by atoms with Crippen LogP contribution in [0.15, 0.2) is 78.4 Å². The lowest BCUT2D eigenvalue weighted by atomic mass is 9.84. The Kier molecular flexibility index (Phi) is 4.74. The molecule has 0 bridgehead atoms. The van der Waals surface area contributed by atoms with Gasteiger partial charge in [0, 0.05) is 11.1 Å². The van der Waals surface area contributed by atoms with Crippen molar-refractivity contribution in [2.45, 2.75) is 32.2 Å². The highest BCUT2D eigenvalue weighted by atomic mass is 19.4. The highest BCUT2D eigenvalue weighted by Gasteiger charge is 2.44. The van der Waals surface area contributed by atoms with Crippen LogP contribution in [-0.4, -0.2) is 14.8 Å². The van der Waals surface area contributed by atoms with E-state index in [2.05, 4.69) is 15.4 Å². The number of aryl methyl sites for hydroxylation is 2. The summed E-state index contributed by atoms with van der Waals surface area (Å²) in [5, 5.41) is 7.08. The number of nitrogens with zero attached hydrogens (tertiary/aromatic N) is 3. The third-order valence-electron chi connectivity index (χ3n) is 6.41. The Balaban J connectivity index is 1.63. The largest absolute Gasteiger partial charge is 0.480 e. The van der Waals surface area contributed by atoms with E-state index in [0.717, 1.165) is 33.4 Å². The number of para-hydroxylation sites is 1. The average Bonchev–Trinajstić information content (AvgIpc) is 3.28. The smallest absolute Gasteiger partial charge is 0.453 e. The van der Waals surface area contributed by atoms with Gasteiger partial charge in [-0.1, -0.05) is 71.8 Å². The van der Waals surface area contributed by atoms with Crippen molar-refractivity contribution in [3.05, 3.63) is 112 Å². The Morgan fingerprint density at radius 3 is 2.14 bits per heavy atom. The molecule has 35 heavy (non-hydrogen) atoms. The molecule has 1 N–H and O–H groups in total. The maximum atomic E-state index is 13.6. The van der Waals surface area contributed by atoms with Gasteiger partial charge < -0.3 is 10.1 Å². The lowest BCUT2D eigenvalue weighted by Crippen LogP contribution is -2.32.